The van der Waals surface area contributed by atoms with Crippen LogP contribution in [-0.2, 0) is 11.2 Å². The van der Waals surface area contributed by atoms with Gasteiger partial charge in [0.1, 0.15) is 0 Å². The molecular formula is C24H32N2O2. The Labute approximate surface area is 168 Å². The lowest BCUT2D eigenvalue weighted by Gasteiger charge is -2.08. The summed E-state index contributed by atoms with van der Waals surface area (Å²) >= 11 is 0. The Balaban J connectivity index is 1.67. The highest BCUT2D eigenvalue weighted by Crippen LogP contribution is 2.11. The van der Waals surface area contributed by atoms with Crippen molar-refractivity contribution in [3.8, 4) is 0 Å². The number of carbonyl (C=O) groups excluding carboxylic acids is 2. The highest BCUT2D eigenvalue weighted by molar-refractivity contribution is 5.95. The van der Waals surface area contributed by atoms with Crippen molar-refractivity contribution < 1.29 is 9.59 Å². The van der Waals surface area contributed by atoms with Gasteiger partial charge in [-0.1, -0.05) is 69.4 Å². The van der Waals surface area contributed by atoms with Gasteiger partial charge >= 0.3 is 0 Å². The maximum Gasteiger partial charge on any atom is 0.251 e. The lowest BCUT2D eigenvalue weighted by Crippen LogP contribution is -2.24. The summed E-state index contributed by atoms with van der Waals surface area (Å²) in [5, 5.41) is 5.85. The van der Waals surface area contributed by atoms with Crippen molar-refractivity contribution >= 4 is 17.5 Å². The molecule has 150 valence electrons. The third-order valence-corrected chi connectivity index (χ3v) is 4.73. The quantitative estimate of drug-likeness (QED) is 0.488. The molecule has 0 saturated carbocycles. The van der Waals surface area contributed by atoms with Crippen molar-refractivity contribution in [1.82, 2.24) is 5.32 Å². The van der Waals surface area contributed by atoms with Crippen LogP contribution in [0.15, 0.2) is 54.6 Å². The topological polar surface area (TPSA) is 58.2 Å². The van der Waals surface area contributed by atoms with Crippen LogP contribution in [0.1, 0.15) is 67.8 Å². The van der Waals surface area contributed by atoms with Crippen molar-refractivity contribution in [2.75, 3.05) is 11.9 Å². The van der Waals surface area contributed by atoms with Gasteiger partial charge in [0.25, 0.3) is 5.91 Å². The van der Waals surface area contributed by atoms with E-state index in [0.717, 1.165) is 18.4 Å². The van der Waals surface area contributed by atoms with Crippen molar-refractivity contribution in [2.24, 2.45) is 0 Å². The van der Waals surface area contributed by atoms with E-state index in [1.54, 1.807) is 24.3 Å². The molecule has 2 amide bonds. The molecule has 2 N–H and O–H groups in total. The number of hydrogen-bond acceptors (Lipinski definition) is 2. The van der Waals surface area contributed by atoms with Gasteiger partial charge in [0.05, 0.1) is 0 Å². The number of hydrogen-bond donors (Lipinski definition) is 2. The summed E-state index contributed by atoms with van der Waals surface area (Å²) in [5.41, 5.74) is 2.48. The smallest absolute Gasteiger partial charge is 0.251 e. The first kappa shape index (κ1) is 21.7. The van der Waals surface area contributed by atoms with Crippen molar-refractivity contribution in [1.29, 1.82) is 0 Å². The van der Waals surface area contributed by atoms with Crippen LogP contribution in [0.25, 0.3) is 0 Å². The summed E-state index contributed by atoms with van der Waals surface area (Å²) in [7, 11) is 0. The van der Waals surface area contributed by atoms with E-state index in [0.29, 0.717) is 30.6 Å². The molecule has 2 rings (SSSR count). The maximum absolute atomic E-state index is 12.2. The number of anilines is 1. The van der Waals surface area contributed by atoms with E-state index < -0.39 is 0 Å². The molecule has 0 aliphatic heterocycles. The SMILES string of the molecule is CCCCCCCCNC(=O)c1ccc(NC(=O)CCc2ccccc2)cc1. The monoisotopic (exact) mass is 380 g/mol. The van der Waals surface area contributed by atoms with Crippen LogP contribution in [0.2, 0.25) is 0 Å². The van der Waals surface area contributed by atoms with E-state index in [-0.39, 0.29) is 11.8 Å². The van der Waals surface area contributed by atoms with Crippen LogP contribution < -0.4 is 10.6 Å². The first-order chi connectivity index (χ1) is 13.7. The van der Waals surface area contributed by atoms with Gasteiger partial charge in [0, 0.05) is 24.2 Å². The van der Waals surface area contributed by atoms with Crippen LogP contribution in [0.5, 0.6) is 0 Å². The van der Waals surface area contributed by atoms with Gasteiger partial charge in [-0.15, -0.1) is 0 Å². The number of benzene rings is 2. The molecule has 0 spiro atoms. The van der Waals surface area contributed by atoms with Crippen LogP contribution in [0.3, 0.4) is 0 Å². The maximum atomic E-state index is 12.2. The van der Waals surface area contributed by atoms with Crippen LogP contribution in [0, 0.1) is 0 Å². The second-order valence-corrected chi connectivity index (χ2v) is 7.13. The zero-order chi connectivity index (χ0) is 20.0. The van der Waals surface area contributed by atoms with E-state index >= 15 is 0 Å². The lowest BCUT2D eigenvalue weighted by atomic mass is 10.1. The Morgan fingerprint density at radius 2 is 1.50 bits per heavy atom. The van der Waals surface area contributed by atoms with Gasteiger partial charge in [0.2, 0.25) is 5.91 Å². The summed E-state index contributed by atoms with van der Waals surface area (Å²) in [5.74, 6) is -0.0837. The minimum atomic E-state index is -0.0597. The Morgan fingerprint density at radius 1 is 0.821 bits per heavy atom. The van der Waals surface area contributed by atoms with Crippen molar-refractivity contribution in [3.05, 3.63) is 65.7 Å². The fourth-order valence-corrected chi connectivity index (χ4v) is 3.04. The van der Waals surface area contributed by atoms with E-state index in [2.05, 4.69) is 17.6 Å². The molecule has 4 nitrogen and oxygen atoms in total. The van der Waals surface area contributed by atoms with Crippen molar-refractivity contribution in [2.45, 2.75) is 58.3 Å². The molecule has 0 aliphatic carbocycles. The van der Waals surface area contributed by atoms with Gasteiger partial charge in [-0.25, -0.2) is 0 Å². The second kappa shape index (κ2) is 12.7. The zero-order valence-electron chi connectivity index (χ0n) is 16.9. The van der Waals surface area contributed by atoms with Crippen LogP contribution in [0.4, 0.5) is 5.69 Å². The molecule has 0 aromatic heterocycles. The molecule has 0 fully saturated rings. The Morgan fingerprint density at radius 3 is 2.21 bits per heavy atom. The summed E-state index contributed by atoms with van der Waals surface area (Å²) < 4.78 is 0. The molecule has 2 aromatic carbocycles. The number of rotatable bonds is 12. The second-order valence-electron chi connectivity index (χ2n) is 7.13. The molecule has 0 heterocycles. The fourth-order valence-electron chi connectivity index (χ4n) is 3.04. The molecule has 28 heavy (non-hydrogen) atoms. The summed E-state index contributed by atoms with van der Waals surface area (Å²) in [6.45, 7) is 2.92. The van der Waals surface area contributed by atoms with Crippen molar-refractivity contribution in [3.63, 3.8) is 0 Å². The molecule has 0 radical (unpaired) electrons. The van der Waals surface area contributed by atoms with Gasteiger partial charge in [-0.05, 0) is 42.7 Å². The molecule has 0 aliphatic rings. The molecule has 0 unspecified atom stereocenters. The van der Waals surface area contributed by atoms with E-state index in [1.165, 1.54) is 25.7 Å². The Bertz CT molecular complexity index is 711. The first-order valence-electron chi connectivity index (χ1n) is 10.4. The largest absolute Gasteiger partial charge is 0.352 e. The molecular weight excluding hydrogens is 348 g/mol. The molecule has 4 heteroatoms. The number of unbranched alkanes of at least 4 members (excludes halogenated alkanes) is 5. The van der Waals surface area contributed by atoms with Gasteiger partial charge in [-0.3, -0.25) is 9.59 Å². The standard InChI is InChI=1S/C24H32N2O2/c1-2-3-4-5-6-10-19-25-24(28)21-14-16-22(17-15-21)26-23(27)18-13-20-11-8-7-9-12-20/h7-9,11-12,14-17H,2-6,10,13,18-19H2,1H3,(H,25,28)(H,26,27). The third kappa shape index (κ3) is 8.38. The lowest BCUT2D eigenvalue weighted by molar-refractivity contribution is -0.116. The van der Waals surface area contributed by atoms with Gasteiger partial charge in [0.15, 0.2) is 0 Å². The van der Waals surface area contributed by atoms with Gasteiger partial charge in [-0.2, -0.15) is 0 Å². The predicted octanol–water partition coefficient (Wildman–Crippen LogP) is 5.35. The van der Waals surface area contributed by atoms with E-state index in [9.17, 15) is 9.59 Å². The van der Waals surface area contributed by atoms with E-state index in [1.807, 2.05) is 30.3 Å². The highest BCUT2D eigenvalue weighted by atomic mass is 16.2. The first-order valence-corrected chi connectivity index (χ1v) is 10.4. The van der Waals surface area contributed by atoms with Crippen LogP contribution in [-0.4, -0.2) is 18.4 Å². The predicted molar refractivity (Wildman–Crippen MR) is 116 cm³/mol. The number of carbonyl (C=O) groups is 2. The van der Waals surface area contributed by atoms with Crippen LogP contribution >= 0.6 is 0 Å². The third-order valence-electron chi connectivity index (χ3n) is 4.73. The molecule has 0 atom stereocenters. The molecule has 0 saturated heterocycles. The minimum Gasteiger partial charge on any atom is -0.352 e. The minimum absolute atomic E-state index is 0.0240. The molecule has 2 aromatic rings. The fraction of sp³-hybridized carbons (Fsp3) is 0.417. The summed E-state index contributed by atoms with van der Waals surface area (Å²) in [6.07, 6.45) is 8.39. The number of aryl methyl sites for hydroxylation is 1. The Hall–Kier alpha value is -2.62. The molecule has 0 bridgehead atoms. The number of amides is 2. The average Bonchev–Trinajstić information content (AvgIpc) is 2.73. The normalized spacial score (nSPS) is 10.5. The number of nitrogens with one attached hydrogen (secondary N) is 2. The van der Waals surface area contributed by atoms with Gasteiger partial charge < -0.3 is 10.6 Å². The van der Waals surface area contributed by atoms with E-state index in [4.69, 9.17) is 0 Å². The highest BCUT2D eigenvalue weighted by Gasteiger charge is 2.07. The zero-order valence-corrected chi connectivity index (χ0v) is 16.9. The average molecular weight is 381 g/mol. The summed E-state index contributed by atoms with van der Waals surface area (Å²) in [6, 6.07) is 17.0. The summed E-state index contributed by atoms with van der Waals surface area (Å²) in [4.78, 5) is 24.3. The Kier molecular flexibility index (Phi) is 9.84.